The van der Waals surface area contributed by atoms with E-state index in [1.165, 1.54) is 35.9 Å². The van der Waals surface area contributed by atoms with Gasteiger partial charge >= 0.3 is 0 Å². The van der Waals surface area contributed by atoms with E-state index < -0.39 is 0 Å². The van der Waals surface area contributed by atoms with Crippen LogP contribution < -0.4 is 5.32 Å². The minimum absolute atomic E-state index is 0.0870. The van der Waals surface area contributed by atoms with E-state index in [1.54, 1.807) is 6.20 Å². The lowest BCUT2D eigenvalue weighted by atomic mass is 10.4. The molecule has 0 aromatic carbocycles. The molecular weight excluding hydrogens is 306 g/mol. The Morgan fingerprint density at radius 2 is 2.43 bits per heavy atom. The van der Waals surface area contributed by atoms with Gasteiger partial charge in [-0.05, 0) is 12.8 Å². The molecule has 0 aliphatic heterocycles. The molecule has 1 aliphatic carbocycles. The highest BCUT2D eigenvalue weighted by Crippen LogP contribution is 2.40. The molecule has 2 aromatic heterocycles. The number of aromatic nitrogens is 4. The number of carbonyl (C=O) groups is 1. The van der Waals surface area contributed by atoms with Crippen LogP contribution >= 0.6 is 23.1 Å². The Kier molecular flexibility index (Phi) is 4.35. The standard InChI is InChI=1S/C13H15N5OS2/c1-2-6-18-11(9-3-4-9)16-17-13(18)21-8-10(19)15-12-14-5-7-20-12/h2,5,7,9H,1,3-4,6,8H2,(H,14,15,19). The third-order valence-corrected chi connectivity index (χ3v) is 4.67. The summed E-state index contributed by atoms with van der Waals surface area (Å²) in [6.07, 6.45) is 5.83. The van der Waals surface area contributed by atoms with Gasteiger partial charge in [-0.1, -0.05) is 17.8 Å². The molecule has 1 N–H and O–H groups in total. The lowest BCUT2D eigenvalue weighted by Gasteiger charge is -2.06. The van der Waals surface area contributed by atoms with E-state index in [1.807, 2.05) is 16.0 Å². The first-order chi connectivity index (χ1) is 10.3. The minimum Gasteiger partial charge on any atom is -0.302 e. The number of allylic oxidation sites excluding steroid dienone is 1. The van der Waals surface area contributed by atoms with Gasteiger partial charge in [0.15, 0.2) is 10.3 Å². The molecule has 1 aliphatic rings. The number of carbonyl (C=O) groups excluding carboxylic acids is 1. The molecule has 3 rings (SSSR count). The maximum Gasteiger partial charge on any atom is 0.236 e. The van der Waals surface area contributed by atoms with Crippen LogP contribution in [0.5, 0.6) is 0 Å². The molecule has 0 bridgehead atoms. The maximum absolute atomic E-state index is 11.9. The van der Waals surface area contributed by atoms with Crippen LogP contribution in [0.25, 0.3) is 0 Å². The van der Waals surface area contributed by atoms with Crippen molar-refractivity contribution in [1.29, 1.82) is 0 Å². The normalized spacial score (nSPS) is 14.1. The molecule has 0 spiro atoms. The van der Waals surface area contributed by atoms with Crippen molar-refractivity contribution < 1.29 is 4.79 Å². The van der Waals surface area contributed by atoms with Crippen molar-refractivity contribution in [2.45, 2.75) is 30.5 Å². The Morgan fingerprint density at radius 3 is 3.10 bits per heavy atom. The lowest BCUT2D eigenvalue weighted by Crippen LogP contribution is -2.14. The molecule has 1 fully saturated rings. The predicted molar refractivity (Wildman–Crippen MR) is 83.7 cm³/mol. The van der Waals surface area contributed by atoms with Crippen molar-refractivity contribution in [2.75, 3.05) is 11.1 Å². The number of hydrogen-bond donors (Lipinski definition) is 1. The average molecular weight is 321 g/mol. The number of thioether (sulfide) groups is 1. The van der Waals surface area contributed by atoms with E-state index in [0.717, 1.165) is 11.0 Å². The van der Waals surface area contributed by atoms with Gasteiger partial charge < -0.3 is 9.88 Å². The van der Waals surface area contributed by atoms with Gasteiger partial charge in [0.25, 0.3) is 0 Å². The molecule has 6 nitrogen and oxygen atoms in total. The van der Waals surface area contributed by atoms with Gasteiger partial charge in [0, 0.05) is 24.0 Å². The number of thiazole rings is 1. The van der Waals surface area contributed by atoms with Gasteiger partial charge in [0.1, 0.15) is 5.82 Å². The van der Waals surface area contributed by atoms with E-state index in [4.69, 9.17) is 0 Å². The van der Waals surface area contributed by atoms with Crippen LogP contribution in [0.15, 0.2) is 29.4 Å². The smallest absolute Gasteiger partial charge is 0.236 e. The Labute approximate surface area is 130 Å². The second-order valence-electron chi connectivity index (χ2n) is 4.69. The summed E-state index contributed by atoms with van der Waals surface area (Å²) in [5, 5.41) is 14.4. The second kappa shape index (κ2) is 6.40. The predicted octanol–water partition coefficient (Wildman–Crippen LogP) is 2.53. The van der Waals surface area contributed by atoms with Crippen LogP contribution in [-0.2, 0) is 11.3 Å². The molecule has 1 saturated carbocycles. The van der Waals surface area contributed by atoms with Crippen molar-refractivity contribution in [3.05, 3.63) is 30.1 Å². The summed E-state index contributed by atoms with van der Waals surface area (Å²) in [5.74, 6) is 1.74. The third-order valence-electron chi connectivity index (χ3n) is 3.01. The van der Waals surface area contributed by atoms with Gasteiger partial charge in [0.05, 0.1) is 5.75 Å². The van der Waals surface area contributed by atoms with Crippen molar-refractivity contribution in [3.8, 4) is 0 Å². The Bertz CT molecular complexity index is 633. The van der Waals surface area contributed by atoms with Crippen LogP contribution in [-0.4, -0.2) is 31.4 Å². The molecule has 0 radical (unpaired) electrons. The number of hydrogen-bond acceptors (Lipinski definition) is 6. The summed E-state index contributed by atoms with van der Waals surface area (Å²) in [7, 11) is 0. The highest BCUT2D eigenvalue weighted by atomic mass is 32.2. The van der Waals surface area contributed by atoms with Crippen molar-refractivity contribution in [1.82, 2.24) is 19.7 Å². The van der Waals surface area contributed by atoms with Gasteiger partial charge in [-0.2, -0.15) is 0 Å². The number of anilines is 1. The topological polar surface area (TPSA) is 72.7 Å². The first-order valence-corrected chi connectivity index (χ1v) is 8.50. The van der Waals surface area contributed by atoms with Crippen LogP contribution in [0.2, 0.25) is 0 Å². The highest BCUT2D eigenvalue weighted by molar-refractivity contribution is 7.99. The first-order valence-electron chi connectivity index (χ1n) is 6.64. The molecule has 0 unspecified atom stereocenters. The fraction of sp³-hybridized carbons (Fsp3) is 0.385. The molecule has 0 saturated heterocycles. The number of amides is 1. The maximum atomic E-state index is 11.9. The van der Waals surface area contributed by atoms with E-state index in [-0.39, 0.29) is 5.91 Å². The van der Waals surface area contributed by atoms with Crippen LogP contribution in [0, 0.1) is 0 Å². The van der Waals surface area contributed by atoms with Crippen LogP contribution in [0.4, 0.5) is 5.13 Å². The largest absolute Gasteiger partial charge is 0.302 e. The second-order valence-corrected chi connectivity index (χ2v) is 6.53. The molecule has 8 heteroatoms. The summed E-state index contributed by atoms with van der Waals surface area (Å²) in [6.45, 7) is 4.45. The fourth-order valence-electron chi connectivity index (χ4n) is 1.92. The van der Waals surface area contributed by atoms with Crippen LogP contribution in [0.1, 0.15) is 24.6 Å². The third kappa shape index (κ3) is 3.51. The van der Waals surface area contributed by atoms with Gasteiger partial charge in [-0.25, -0.2) is 4.98 Å². The molecule has 2 heterocycles. The molecule has 1 amide bonds. The first kappa shape index (κ1) is 14.3. The molecular formula is C13H15N5OS2. The van der Waals surface area contributed by atoms with E-state index in [9.17, 15) is 4.79 Å². The molecule has 0 atom stereocenters. The average Bonchev–Trinajstić information content (AvgIpc) is 3.04. The number of nitrogens with one attached hydrogen (secondary N) is 1. The van der Waals surface area contributed by atoms with Crippen molar-refractivity contribution in [2.24, 2.45) is 0 Å². The Morgan fingerprint density at radius 1 is 1.57 bits per heavy atom. The Balaban J connectivity index is 1.61. The van der Waals surface area contributed by atoms with Crippen LogP contribution in [0.3, 0.4) is 0 Å². The van der Waals surface area contributed by atoms with E-state index in [0.29, 0.717) is 23.3 Å². The number of nitrogens with zero attached hydrogens (tertiary/aromatic N) is 4. The zero-order valence-electron chi connectivity index (χ0n) is 11.4. The lowest BCUT2D eigenvalue weighted by molar-refractivity contribution is -0.113. The summed E-state index contributed by atoms with van der Waals surface area (Å²) >= 11 is 2.79. The zero-order chi connectivity index (χ0) is 14.7. The summed E-state index contributed by atoms with van der Waals surface area (Å²) in [5.41, 5.74) is 0. The molecule has 21 heavy (non-hydrogen) atoms. The van der Waals surface area contributed by atoms with Crippen molar-refractivity contribution >= 4 is 34.1 Å². The van der Waals surface area contributed by atoms with E-state index in [2.05, 4.69) is 27.1 Å². The van der Waals surface area contributed by atoms with Crippen molar-refractivity contribution in [3.63, 3.8) is 0 Å². The summed E-state index contributed by atoms with van der Waals surface area (Å²) in [4.78, 5) is 15.9. The SMILES string of the molecule is C=CCn1c(SCC(=O)Nc2nccs2)nnc1C1CC1. The molecule has 2 aromatic rings. The van der Waals surface area contributed by atoms with E-state index >= 15 is 0 Å². The monoisotopic (exact) mass is 321 g/mol. The quantitative estimate of drug-likeness (QED) is 0.626. The summed E-state index contributed by atoms with van der Waals surface area (Å²) < 4.78 is 2.05. The van der Waals surface area contributed by atoms with Gasteiger partial charge in [0.2, 0.25) is 5.91 Å². The zero-order valence-corrected chi connectivity index (χ0v) is 13.0. The molecule has 110 valence electrons. The van der Waals surface area contributed by atoms with Gasteiger partial charge in [-0.3, -0.25) is 4.79 Å². The number of rotatable bonds is 7. The Hall–Kier alpha value is -1.67. The highest BCUT2D eigenvalue weighted by Gasteiger charge is 2.30. The fourth-order valence-corrected chi connectivity index (χ4v) is 3.22. The van der Waals surface area contributed by atoms with Gasteiger partial charge in [-0.15, -0.1) is 28.1 Å². The summed E-state index contributed by atoms with van der Waals surface area (Å²) in [6, 6.07) is 0. The minimum atomic E-state index is -0.0870.